The quantitative estimate of drug-likeness (QED) is 0.903. The molecule has 1 aliphatic rings. The Morgan fingerprint density at radius 1 is 1.33 bits per heavy atom. The van der Waals surface area contributed by atoms with Crippen molar-refractivity contribution in [3.63, 3.8) is 0 Å². The lowest BCUT2D eigenvalue weighted by molar-refractivity contribution is -0.127. The highest BCUT2D eigenvalue weighted by molar-refractivity contribution is 5.78. The molecule has 1 N–H and O–H groups in total. The fraction of sp³-hybridized carbons (Fsp3) is 0.588. The number of carbonyl (C=O) groups excluding carboxylic acids is 1. The molecule has 1 aliphatic carbocycles. The van der Waals surface area contributed by atoms with Gasteiger partial charge in [-0.1, -0.05) is 37.5 Å². The maximum absolute atomic E-state index is 14.0. The standard InChI is InChI=1S/C17H24FNO2/c1-17(21-2,14-10-6-7-11-15(14)18)12-19-16(20)13-8-4-3-5-9-13/h6-7,10-11,13H,3-5,8-9,12H2,1-2H3,(H,19,20). The first kappa shape index (κ1) is 16.0. The maximum atomic E-state index is 14.0. The number of methoxy groups -OCH3 is 1. The monoisotopic (exact) mass is 293 g/mol. The van der Waals surface area contributed by atoms with Gasteiger partial charge in [-0.05, 0) is 25.8 Å². The van der Waals surface area contributed by atoms with Crippen LogP contribution in [0.4, 0.5) is 4.39 Å². The van der Waals surface area contributed by atoms with Crippen molar-refractivity contribution in [3.05, 3.63) is 35.6 Å². The number of ether oxygens (including phenoxy) is 1. The Kier molecular flexibility index (Phi) is 5.34. The van der Waals surface area contributed by atoms with Gasteiger partial charge in [0.25, 0.3) is 0 Å². The summed E-state index contributed by atoms with van der Waals surface area (Å²) < 4.78 is 19.4. The third kappa shape index (κ3) is 3.82. The van der Waals surface area contributed by atoms with Crippen molar-refractivity contribution in [2.75, 3.05) is 13.7 Å². The molecule has 116 valence electrons. The van der Waals surface area contributed by atoms with E-state index >= 15 is 0 Å². The van der Waals surface area contributed by atoms with Gasteiger partial charge in [-0.3, -0.25) is 4.79 Å². The van der Waals surface area contributed by atoms with Crippen LogP contribution in [0.2, 0.25) is 0 Å². The first-order valence-corrected chi connectivity index (χ1v) is 7.65. The summed E-state index contributed by atoms with van der Waals surface area (Å²) >= 11 is 0. The van der Waals surface area contributed by atoms with Gasteiger partial charge in [0.05, 0.1) is 6.54 Å². The van der Waals surface area contributed by atoms with Crippen LogP contribution in [0, 0.1) is 11.7 Å². The zero-order valence-corrected chi connectivity index (χ0v) is 12.8. The fourth-order valence-electron chi connectivity index (χ4n) is 2.93. The van der Waals surface area contributed by atoms with Gasteiger partial charge in [0.2, 0.25) is 5.91 Å². The van der Waals surface area contributed by atoms with Gasteiger partial charge in [0.1, 0.15) is 11.4 Å². The molecular formula is C17H24FNO2. The van der Waals surface area contributed by atoms with E-state index in [9.17, 15) is 9.18 Å². The molecule has 0 bridgehead atoms. The Morgan fingerprint density at radius 2 is 2.00 bits per heavy atom. The summed E-state index contributed by atoms with van der Waals surface area (Å²) in [5, 5.41) is 2.94. The SMILES string of the molecule is COC(C)(CNC(=O)C1CCCCC1)c1ccccc1F. The van der Waals surface area contributed by atoms with Crippen molar-refractivity contribution < 1.29 is 13.9 Å². The lowest BCUT2D eigenvalue weighted by Crippen LogP contribution is -2.43. The molecule has 1 aromatic carbocycles. The van der Waals surface area contributed by atoms with Crippen LogP contribution < -0.4 is 5.32 Å². The lowest BCUT2D eigenvalue weighted by atomic mass is 9.88. The van der Waals surface area contributed by atoms with Crippen molar-refractivity contribution in [2.45, 2.75) is 44.6 Å². The molecule has 1 saturated carbocycles. The topological polar surface area (TPSA) is 38.3 Å². The van der Waals surface area contributed by atoms with Crippen LogP contribution in [0.5, 0.6) is 0 Å². The van der Waals surface area contributed by atoms with E-state index in [1.165, 1.54) is 12.5 Å². The highest BCUT2D eigenvalue weighted by Gasteiger charge is 2.31. The predicted molar refractivity (Wildman–Crippen MR) is 80.3 cm³/mol. The number of nitrogens with one attached hydrogen (secondary N) is 1. The minimum atomic E-state index is -0.852. The largest absolute Gasteiger partial charge is 0.372 e. The highest BCUT2D eigenvalue weighted by Crippen LogP contribution is 2.27. The minimum Gasteiger partial charge on any atom is -0.372 e. The second kappa shape index (κ2) is 7.03. The third-order valence-corrected chi connectivity index (χ3v) is 4.47. The number of benzene rings is 1. The molecule has 0 aromatic heterocycles. The van der Waals surface area contributed by atoms with Gasteiger partial charge in [-0.25, -0.2) is 4.39 Å². The third-order valence-electron chi connectivity index (χ3n) is 4.47. The van der Waals surface area contributed by atoms with Crippen LogP contribution in [0.1, 0.15) is 44.6 Å². The average Bonchev–Trinajstić information content (AvgIpc) is 2.53. The molecule has 1 atom stereocenters. The number of amides is 1. The van der Waals surface area contributed by atoms with Gasteiger partial charge < -0.3 is 10.1 Å². The molecule has 0 radical (unpaired) electrons. The van der Waals surface area contributed by atoms with Crippen molar-refractivity contribution in [2.24, 2.45) is 5.92 Å². The zero-order valence-electron chi connectivity index (χ0n) is 12.8. The zero-order chi connectivity index (χ0) is 15.3. The van der Waals surface area contributed by atoms with Crippen LogP contribution >= 0.6 is 0 Å². The summed E-state index contributed by atoms with van der Waals surface area (Å²) in [6, 6.07) is 6.54. The molecule has 1 fully saturated rings. The Bertz CT molecular complexity index is 485. The van der Waals surface area contributed by atoms with Gasteiger partial charge in [-0.15, -0.1) is 0 Å². The Morgan fingerprint density at radius 3 is 2.62 bits per heavy atom. The molecule has 21 heavy (non-hydrogen) atoms. The van der Waals surface area contributed by atoms with E-state index in [4.69, 9.17) is 4.74 Å². The normalized spacial score (nSPS) is 19.0. The number of carbonyl (C=O) groups is 1. The number of hydrogen-bond donors (Lipinski definition) is 1. The molecule has 2 rings (SSSR count). The Balaban J connectivity index is 2.01. The number of hydrogen-bond acceptors (Lipinski definition) is 2. The van der Waals surface area contributed by atoms with Crippen LogP contribution in [0.15, 0.2) is 24.3 Å². The van der Waals surface area contributed by atoms with E-state index in [-0.39, 0.29) is 24.2 Å². The van der Waals surface area contributed by atoms with Crippen molar-refractivity contribution >= 4 is 5.91 Å². The first-order valence-electron chi connectivity index (χ1n) is 7.65. The highest BCUT2D eigenvalue weighted by atomic mass is 19.1. The van der Waals surface area contributed by atoms with Crippen LogP contribution in [0.3, 0.4) is 0 Å². The summed E-state index contributed by atoms with van der Waals surface area (Å²) in [4.78, 5) is 12.2. The fourth-order valence-corrected chi connectivity index (χ4v) is 2.93. The van der Waals surface area contributed by atoms with Gasteiger partial charge in [0.15, 0.2) is 0 Å². The molecule has 1 amide bonds. The van der Waals surface area contributed by atoms with E-state index < -0.39 is 5.60 Å². The Labute approximate surface area is 125 Å². The van der Waals surface area contributed by atoms with E-state index in [1.807, 2.05) is 0 Å². The van der Waals surface area contributed by atoms with Gasteiger partial charge in [-0.2, -0.15) is 0 Å². The van der Waals surface area contributed by atoms with Crippen molar-refractivity contribution in [3.8, 4) is 0 Å². The average molecular weight is 293 g/mol. The van der Waals surface area contributed by atoms with Gasteiger partial charge >= 0.3 is 0 Å². The van der Waals surface area contributed by atoms with Crippen LogP contribution in [-0.4, -0.2) is 19.6 Å². The molecule has 1 aromatic rings. The molecule has 0 heterocycles. The predicted octanol–water partition coefficient (Wildman–Crippen LogP) is 3.38. The van der Waals surface area contributed by atoms with Crippen LogP contribution in [-0.2, 0) is 15.1 Å². The summed E-state index contributed by atoms with van der Waals surface area (Å²) in [5.41, 5.74) is -0.383. The van der Waals surface area contributed by atoms with E-state index in [0.29, 0.717) is 5.56 Å². The molecular weight excluding hydrogens is 269 g/mol. The van der Waals surface area contributed by atoms with E-state index in [1.54, 1.807) is 32.2 Å². The molecule has 4 heteroatoms. The molecule has 1 unspecified atom stereocenters. The van der Waals surface area contributed by atoms with Gasteiger partial charge in [0, 0.05) is 18.6 Å². The van der Waals surface area contributed by atoms with E-state index in [0.717, 1.165) is 25.7 Å². The summed E-state index contributed by atoms with van der Waals surface area (Å²) in [6.07, 6.45) is 5.36. The molecule has 0 spiro atoms. The van der Waals surface area contributed by atoms with Crippen molar-refractivity contribution in [1.29, 1.82) is 0 Å². The molecule has 0 aliphatic heterocycles. The Hall–Kier alpha value is -1.42. The smallest absolute Gasteiger partial charge is 0.223 e. The summed E-state index contributed by atoms with van der Waals surface area (Å²) in [5.74, 6) is -0.149. The van der Waals surface area contributed by atoms with E-state index in [2.05, 4.69) is 5.32 Å². The summed E-state index contributed by atoms with van der Waals surface area (Å²) in [6.45, 7) is 2.08. The number of rotatable bonds is 5. The second-order valence-electron chi connectivity index (χ2n) is 5.97. The first-order chi connectivity index (χ1) is 10.1. The van der Waals surface area contributed by atoms with Crippen molar-refractivity contribution in [1.82, 2.24) is 5.32 Å². The lowest BCUT2D eigenvalue weighted by Gasteiger charge is -2.30. The molecule has 0 saturated heterocycles. The summed E-state index contributed by atoms with van der Waals surface area (Å²) in [7, 11) is 1.54. The van der Waals surface area contributed by atoms with Crippen LogP contribution in [0.25, 0.3) is 0 Å². The second-order valence-corrected chi connectivity index (χ2v) is 5.97. The molecule has 3 nitrogen and oxygen atoms in total. The minimum absolute atomic E-state index is 0.0642. The maximum Gasteiger partial charge on any atom is 0.223 e. The number of halogens is 1.